The molecule has 4 nitrogen and oxygen atoms in total. The predicted molar refractivity (Wildman–Crippen MR) is 102 cm³/mol. The van der Waals surface area contributed by atoms with Gasteiger partial charge in [0, 0.05) is 11.9 Å². The molecule has 0 saturated carbocycles. The summed E-state index contributed by atoms with van der Waals surface area (Å²) >= 11 is 1.49. The Labute approximate surface area is 155 Å². The zero-order valence-electron chi connectivity index (χ0n) is 14.5. The van der Waals surface area contributed by atoms with E-state index in [0.29, 0.717) is 16.2 Å². The highest BCUT2D eigenvalue weighted by Crippen LogP contribution is 2.31. The molecule has 0 aliphatic rings. The van der Waals surface area contributed by atoms with Crippen LogP contribution in [0.2, 0.25) is 0 Å². The van der Waals surface area contributed by atoms with E-state index in [0.717, 1.165) is 22.2 Å². The van der Waals surface area contributed by atoms with Gasteiger partial charge in [-0.05, 0) is 54.1 Å². The van der Waals surface area contributed by atoms with Crippen molar-refractivity contribution in [2.75, 3.05) is 5.75 Å². The van der Waals surface area contributed by atoms with E-state index in [2.05, 4.69) is 10.3 Å². The largest absolute Gasteiger partial charge is 0.508 e. The van der Waals surface area contributed by atoms with Crippen LogP contribution < -0.4 is 5.32 Å². The van der Waals surface area contributed by atoms with Crippen LogP contribution in [0.1, 0.15) is 28.4 Å². The fraction of sp³-hybridized carbons (Fsp3) is 0.200. The van der Waals surface area contributed by atoms with Crippen LogP contribution in [0.3, 0.4) is 0 Å². The molecule has 3 rings (SSSR count). The number of carbonyl (C=O) groups is 1. The number of aryl methyl sites for hydroxylation is 1. The smallest absolute Gasteiger partial charge is 0.254 e. The number of aromatic hydroxyl groups is 1. The molecule has 2 N–H and O–H groups in total. The summed E-state index contributed by atoms with van der Waals surface area (Å²) in [6.07, 6.45) is 0. The van der Waals surface area contributed by atoms with E-state index < -0.39 is 0 Å². The van der Waals surface area contributed by atoms with Crippen LogP contribution in [-0.2, 0) is 6.54 Å². The molecule has 134 valence electrons. The van der Waals surface area contributed by atoms with Gasteiger partial charge in [-0.25, -0.2) is 9.37 Å². The van der Waals surface area contributed by atoms with E-state index in [-0.39, 0.29) is 24.0 Å². The van der Waals surface area contributed by atoms with Crippen LogP contribution in [0, 0.1) is 12.7 Å². The summed E-state index contributed by atoms with van der Waals surface area (Å²) in [5.41, 5.74) is 2.68. The lowest BCUT2D eigenvalue weighted by molar-refractivity contribution is 0.0946. The number of hydrogen-bond donors (Lipinski definition) is 2. The number of amides is 1. The molecule has 26 heavy (non-hydrogen) atoms. The van der Waals surface area contributed by atoms with E-state index in [4.69, 9.17) is 0 Å². The third kappa shape index (κ3) is 3.80. The fourth-order valence-electron chi connectivity index (χ4n) is 2.81. The summed E-state index contributed by atoms with van der Waals surface area (Å²) in [5, 5.41) is 14.0. The number of phenols is 1. The van der Waals surface area contributed by atoms with E-state index in [1.54, 1.807) is 30.3 Å². The number of fused-ring (bicyclic) bond motifs is 1. The Morgan fingerprint density at radius 2 is 2.08 bits per heavy atom. The first-order chi connectivity index (χ1) is 12.5. The molecule has 2 aromatic carbocycles. The molecule has 0 bridgehead atoms. The Bertz CT molecular complexity index is 975. The number of thioether (sulfide) groups is 1. The van der Waals surface area contributed by atoms with Crippen LogP contribution >= 0.6 is 11.8 Å². The maximum Gasteiger partial charge on any atom is 0.254 e. The lowest BCUT2D eigenvalue weighted by atomic mass is 10.0. The molecule has 0 aliphatic carbocycles. The van der Waals surface area contributed by atoms with Gasteiger partial charge in [-0.3, -0.25) is 4.79 Å². The van der Waals surface area contributed by atoms with Gasteiger partial charge >= 0.3 is 0 Å². The summed E-state index contributed by atoms with van der Waals surface area (Å²) in [4.78, 5) is 17.4. The number of aromatic nitrogens is 1. The molecular weight excluding hydrogens is 351 g/mol. The van der Waals surface area contributed by atoms with Crippen LogP contribution in [-0.4, -0.2) is 21.8 Å². The number of nitrogens with zero attached hydrogens (tertiary/aromatic N) is 1. The van der Waals surface area contributed by atoms with Gasteiger partial charge in [-0.2, -0.15) is 0 Å². The number of pyridine rings is 1. The number of carbonyl (C=O) groups excluding carboxylic acids is 1. The molecular formula is C20H19FN2O2S. The second-order valence-corrected chi connectivity index (χ2v) is 7.12. The first-order valence-corrected chi connectivity index (χ1v) is 9.27. The minimum atomic E-state index is -0.335. The van der Waals surface area contributed by atoms with Crippen molar-refractivity contribution in [3.05, 3.63) is 65.0 Å². The summed E-state index contributed by atoms with van der Waals surface area (Å²) in [5.74, 6) is 0.308. The summed E-state index contributed by atoms with van der Waals surface area (Å²) in [7, 11) is 0. The molecule has 0 spiro atoms. The van der Waals surface area contributed by atoms with E-state index in [1.165, 1.54) is 23.9 Å². The lowest BCUT2D eigenvalue weighted by Gasteiger charge is -2.14. The third-order valence-electron chi connectivity index (χ3n) is 4.05. The Morgan fingerprint density at radius 3 is 2.81 bits per heavy atom. The number of benzene rings is 2. The fourth-order valence-corrected chi connectivity index (χ4v) is 3.63. The number of rotatable bonds is 5. The van der Waals surface area contributed by atoms with Gasteiger partial charge in [-0.15, -0.1) is 11.8 Å². The molecule has 0 fully saturated rings. The second kappa shape index (κ2) is 7.74. The Balaban J connectivity index is 1.97. The molecule has 6 heteroatoms. The van der Waals surface area contributed by atoms with E-state index >= 15 is 0 Å². The highest BCUT2D eigenvalue weighted by Gasteiger charge is 2.19. The quantitative estimate of drug-likeness (QED) is 0.652. The average Bonchev–Trinajstić information content (AvgIpc) is 2.61. The lowest BCUT2D eigenvalue weighted by Crippen LogP contribution is -2.25. The van der Waals surface area contributed by atoms with Crippen molar-refractivity contribution in [1.82, 2.24) is 10.3 Å². The Kier molecular flexibility index (Phi) is 5.42. The van der Waals surface area contributed by atoms with Gasteiger partial charge in [0.2, 0.25) is 0 Å². The standard InChI is InChI=1S/C20H19FN2O2S/c1-3-26-20-18(12(2)16-10-15(24)7-8-17(16)23-20)19(25)22-11-13-5-4-6-14(21)9-13/h4-10,24H,3,11H2,1-2H3,(H,22,25). The van der Waals surface area contributed by atoms with Crippen molar-refractivity contribution in [1.29, 1.82) is 0 Å². The molecule has 1 amide bonds. The minimum absolute atomic E-state index is 0.129. The van der Waals surface area contributed by atoms with E-state index in [9.17, 15) is 14.3 Å². The van der Waals surface area contributed by atoms with Gasteiger partial charge in [0.25, 0.3) is 5.91 Å². The molecule has 0 atom stereocenters. The van der Waals surface area contributed by atoms with Gasteiger partial charge in [0.1, 0.15) is 16.6 Å². The maximum atomic E-state index is 13.3. The van der Waals surface area contributed by atoms with Crippen molar-refractivity contribution in [2.45, 2.75) is 25.4 Å². The number of halogens is 1. The van der Waals surface area contributed by atoms with Crippen LogP contribution in [0.5, 0.6) is 5.75 Å². The monoisotopic (exact) mass is 370 g/mol. The third-order valence-corrected chi connectivity index (χ3v) is 4.90. The second-order valence-electron chi connectivity index (χ2n) is 5.86. The van der Waals surface area contributed by atoms with Crippen molar-refractivity contribution in [3.63, 3.8) is 0 Å². The van der Waals surface area contributed by atoms with E-state index in [1.807, 2.05) is 13.8 Å². The van der Waals surface area contributed by atoms with Crippen LogP contribution in [0.15, 0.2) is 47.5 Å². The predicted octanol–water partition coefficient (Wildman–Crippen LogP) is 4.43. The van der Waals surface area contributed by atoms with Crippen molar-refractivity contribution in [3.8, 4) is 5.75 Å². The van der Waals surface area contributed by atoms with Gasteiger partial charge in [0.15, 0.2) is 0 Å². The average molecular weight is 370 g/mol. The maximum absolute atomic E-state index is 13.3. The Hall–Kier alpha value is -2.60. The number of phenolic OH excluding ortho intramolecular Hbond substituents is 1. The molecule has 1 aromatic heterocycles. The zero-order chi connectivity index (χ0) is 18.7. The molecule has 0 aliphatic heterocycles. The van der Waals surface area contributed by atoms with Gasteiger partial charge < -0.3 is 10.4 Å². The van der Waals surface area contributed by atoms with Gasteiger partial charge in [0.05, 0.1) is 11.1 Å². The SMILES string of the molecule is CCSc1nc2ccc(O)cc2c(C)c1C(=O)NCc1cccc(F)c1. The topological polar surface area (TPSA) is 62.2 Å². The minimum Gasteiger partial charge on any atom is -0.508 e. The molecule has 3 aromatic rings. The summed E-state index contributed by atoms with van der Waals surface area (Å²) < 4.78 is 13.3. The first kappa shape index (κ1) is 18.2. The first-order valence-electron chi connectivity index (χ1n) is 8.28. The van der Waals surface area contributed by atoms with Crippen molar-refractivity contribution in [2.24, 2.45) is 0 Å². The Morgan fingerprint density at radius 1 is 1.27 bits per heavy atom. The number of hydrogen-bond acceptors (Lipinski definition) is 4. The van der Waals surface area contributed by atoms with Crippen LogP contribution in [0.4, 0.5) is 4.39 Å². The highest BCUT2D eigenvalue weighted by atomic mass is 32.2. The molecule has 1 heterocycles. The normalized spacial score (nSPS) is 10.9. The van der Waals surface area contributed by atoms with Crippen LogP contribution in [0.25, 0.3) is 10.9 Å². The summed E-state index contributed by atoms with van der Waals surface area (Å²) in [6, 6.07) is 11.1. The highest BCUT2D eigenvalue weighted by molar-refractivity contribution is 7.99. The van der Waals surface area contributed by atoms with Crippen molar-refractivity contribution < 1.29 is 14.3 Å². The summed E-state index contributed by atoms with van der Waals surface area (Å²) in [6.45, 7) is 4.07. The number of nitrogens with one attached hydrogen (secondary N) is 1. The zero-order valence-corrected chi connectivity index (χ0v) is 15.4. The molecule has 0 unspecified atom stereocenters. The molecule has 0 saturated heterocycles. The molecule has 0 radical (unpaired) electrons. The van der Waals surface area contributed by atoms with Gasteiger partial charge in [-0.1, -0.05) is 19.1 Å². The van der Waals surface area contributed by atoms with Crippen molar-refractivity contribution >= 4 is 28.6 Å².